The van der Waals surface area contributed by atoms with Crippen LogP contribution in [0.1, 0.15) is 43.0 Å². The maximum Gasteiger partial charge on any atom is 0.129 e. The predicted molar refractivity (Wildman–Crippen MR) is 71.1 cm³/mol. The Morgan fingerprint density at radius 1 is 1.50 bits per heavy atom. The van der Waals surface area contributed by atoms with Crippen molar-refractivity contribution < 1.29 is 4.74 Å². The van der Waals surface area contributed by atoms with Gasteiger partial charge in [-0.3, -0.25) is 0 Å². The zero-order valence-corrected chi connectivity index (χ0v) is 10.8. The van der Waals surface area contributed by atoms with E-state index < -0.39 is 0 Å². The number of hydrogen-bond donors (Lipinski definition) is 1. The molecule has 2 nitrogen and oxygen atoms in total. The molecular weight excluding hydrogens is 218 g/mol. The lowest BCUT2D eigenvalue weighted by molar-refractivity contribution is 0.416. The van der Waals surface area contributed by atoms with Gasteiger partial charge in [0.2, 0.25) is 0 Å². The molecule has 0 radical (unpaired) electrons. The van der Waals surface area contributed by atoms with E-state index in [0.717, 1.165) is 18.6 Å². The zero-order valence-electron chi connectivity index (χ0n) is 9.95. The SMILES string of the molecule is C=CCCCCCC(N)c1cc(OC)cs1. The Morgan fingerprint density at radius 3 is 2.94 bits per heavy atom. The summed E-state index contributed by atoms with van der Waals surface area (Å²) in [5.41, 5.74) is 6.11. The fraction of sp³-hybridized carbons (Fsp3) is 0.538. The van der Waals surface area contributed by atoms with Crippen molar-refractivity contribution in [3.63, 3.8) is 0 Å². The molecule has 0 amide bonds. The summed E-state index contributed by atoms with van der Waals surface area (Å²) in [6.07, 6.45) is 7.80. The summed E-state index contributed by atoms with van der Waals surface area (Å²) in [6, 6.07) is 2.21. The number of methoxy groups -OCH3 is 1. The Morgan fingerprint density at radius 2 is 2.31 bits per heavy atom. The Balaban J connectivity index is 2.23. The van der Waals surface area contributed by atoms with Gasteiger partial charge in [-0.1, -0.05) is 18.9 Å². The van der Waals surface area contributed by atoms with Crippen molar-refractivity contribution in [2.24, 2.45) is 5.73 Å². The van der Waals surface area contributed by atoms with Gasteiger partial charge in [0.1, 0.15) is 5.75 Å². The number of nitrogens with two attached hydrogens (primary N) is 1. The van der Waals surface area contributed by atoms with Crippen molar-refractivity contribution in [2.45, 2.75) is 38.1 Å². The van der Waals surface area contributed by atoms with Gasteiger partial charge in [0.25, 0.3) is 0 Å². The molecule has 0 aliphatic heterocycles. The van der Waals surface area contributed by atoms with Crippen molar-refractivity contribution in [2.75, 3.05) is 7.11 Å². The van der Waals surface area contributed by atoms with Crippen molar-refractivity contribution in [1.29, 1.82) is 0 Å². The molecule has 0 aliphatic rings. The number of allylic oxidation sites excluding steroid dienone is 1. The van der Waals surface area contributed by atoms with Gasteiger partial charge in [-0.05, 0) is 25.3 Å². The molecule has 16 heavy (non-hydrogen) atoms. The molecular formula is C13H21NOS. The lowest BCUT2D eigenvalue weighted by atomic mass is 10.1. The van der Waals surface area contributed by atoms with Crippen LogP contribution < -0.4 is 10.5 Å². The van der Waals surface area contributed by atoms with E-state index in [0.29, 0.717) is 0 Å². The highest BCUT2D eigenvalue weighted by atomic mass is 32.1. The van der Waals surface area contributed by atoms with Gasteiger partial charge in [-0.25, -0.2) is 0 Å². The number of rotatable bonds is 8. The topological polar surface area (TPSA) is 35.2 Å². The van der Waals surface area contributed by atoms with Gasteiger partial charge < -0.3 is 10.5 Å². The van der Waals surface area contributed by atoms with Crippen LogP contribution in [0.5, 0.6) is 5.75 Å². The zero-order chi connectivity index (χ0) is 11.8. The normalized spacial score (nSPS) is 12.4. The van der Waals surface area contributed by atoms with Crippen molar-refractivity contribution in [3.05, 3.63) is 29.0 Å². The molecule has 0 saturated heterocycles. The van der Waals surface area contributed by atoms with Crippen LogP contribution in [-0.4, -0.2) is 7.11 Å². The van der Waals surface area contributed by atoms with E-state index >= 15 is 0 Å². The second-order valence-corrected chi connectivity index (χ2v) is 4.86. The first kappa shape index (κ1) is 13.3. The van der Waals surface area contributed by atoms with Gasteiger partial charge >= 0.3 is 0 Å². The molecule has 0 aliphatic carbocycles. The van der Waals surface area contributed by atoms with E-state index in [2.05, 4.69) is 6.58 Å². The standard InChI is InChI=1S/C13H21NOS/c1-3-4-5-6-7-8-12(14)13-9-11(15-2)10-16-13/h3,9-10,12H,1,4-8,14H2,2H3. The lowest BCUT2D eigenvalue weighted by Gasteiger charge is -2.08. The van der Waals surface area contributed by atoms with Crippen LogP contribution in [0.3, 0.4) is 0 Å². The Bertz CT molecular complexity index is 309. The average molecular weight is 239 g/mol. The van der Waals surface area contributed by atoms with E-state index in [-0.39, 0.29) is 6.04 Å². The highest BCUT2D eigenvalue weighted by Crippen LogP contribution is 2.28. The summed E-state index contributed by atoms with van der Waals surface area (Å²) in [4.78, 5) is 1.22. The second kappa shape index (κ2) is 7.47. The van der Waals surface area contributed by atoms with Crippen LogP contribution in [-0.2, 0) is 0 Å². The Kier molecular flexibility index (Phi) is 6.19. The number of hydrogen-bond acceptors (Lipinski definition) is 3. The van der Waals surface area contributed by atoms with E-state index in [1.807, 2.05) is 17.5 Å². The first-order chi connectivity index (χ1) is 7.77. The van der Waals surface area contributed by atoms with E-state index in [1.165, 1.54) is 24.1 Å². The monoisotopic (exact) mass is 239 g/mol. The van der Waals surface area contributed by atoms with Gasteiger partial charge in [0.15, 0.2) is 0 Å². The summed E-state index contributed by atoms with van der Waals surface area (Å²) in [5.74, 6) is 0.919. The molecule has 90 valence electrons. The van der Waals surface area contributed by atoms with Crippen molar-refractivity contribution in [3.8, 4) is 5.75 Å². The van der Waals surface area contributed by atoms with Gasteiger partial charge in [-0.2, -0.15) is 0 Å². The van der Waals surface area contributed by atoms with Crippen LogP contribution in [0.15, 0.2) is 24.1 Å². The molecule has 1 unspecified atom stereocenters. The van der Waals surface area contributed by atoms with Crippen LogP contribution in [0, 0.1) is 0 Å². The van der Waals surface area contributed by atoms with Crippen LogP contribution >= 0.6 is 11.3 Å². The summed E-state index contributed by atoms with van der Waals surface area (Å²) in [6.45, 7) is 3.72. The molecule has 0 spiro atoms. The van der Waals surface area contributed by atoms with Crippen molar-refractivity contribution in [1.82, 2.24) is 0 Å². The van der Waals surface area contributed by atoms with E-state index in [9.17, 15) is 0 Å². The minimum Gasteiger partial charge on any atom is -0.496 e. The summed E-state index contributed by atoms with van der Waals surface area (Å²) >= 11 is 1.68. The third kappa shape index (κ3) is 4.37. The molecule has 1 heterocycles. The molecule has 1 rings (SSSR count). The summed E-state index contributed by atoms with van der Waals surface area (Å²) < 4.78 is 5.15. The Labute approximate surface area is 102 Å². The molecule has 3 heteroatoms. The number of thiophene rings is 1. The van der Waals surface area contributed by atoms with Crippen LogP contribution in [0.2, 0.25) is 0 Å². The second-order valence-electron chi connectivity index (χ2n) is 3.92. The largest absolute Gasteiger partial charge is 0.496 e. The lowest BCUT2D eigenvalue weighted by Crippen LogP contribution is -2.08. The van der Waals surface area contributed by atoms with Gasteiger partial charge in [-0.15, -0.1) is 17.9 Å². The first-order valence-corrected chi connectivity index (χ1v) is 6.64. The van der Waals surface area contributed by atoms with Gasteiger partial charge in [0.05, 0.1) is 7.11 Å². The van der Waals surface area contributed by atoms with Crippen LogP contribution in [0.4, 0.5) is 0 Å². The van der Waals surface area contributed by atoms with E-state index in [4.69, 9.17) is 10.5 Å². The fourth-order valence-electron chi connectivity index (χ4n) is 1.61. The molecule has 0 fully saturated rings. The van der Waals surface area contributed by atoms with Crippen LogP contribution in [0.25, 0.3) is 0 Å². The van der Waals surface area contributed by atoms with Gasteiger partial charge in [0, 0.05) is 16.3 Å². The first-order valence-electron chi connectivity index (χ1n) is 5.76. The molecule has 0 aromatic carbocycles. The third-order valence-electron chi connectivity index (χ3n) is 2.62. The molecule has 0 saturated carbocycles. The number of unbranched alkanes of at least 4 members (excludes halogenated alkanes) is 3. The maximum atomic E-state index is 6.11. The summed E-state index contributed by atoms with van der Waals surface area (Å²) in [7, 11) is 1.69. The molecule has 1 atom stereocenters. The van der Waals surface area contributed by atoms with Crippen molar-refractivity contribution >= 4 is 11.3 Å². The predicted octanol–water partition coefficient (Wildman–Crippen LogP) is 3.89. The minimum atomic E-state index is 0.164. The third-order valence-corrected chi connectivity index (χ3v) is 3.66. The molecule has 2 N–H and O–H groups in total. The highest BCUT2D eigenvalue weighted by molar-refractivity contribution is 7.10. The molecule has 1 aromatic rings. The quantitative estimate of drug-likeness (QED) is 0.551. The smallest absolute Gasteiger partial charge is 0.129 e. The minimum absolute atomic E-state index is 0.164. The maximum absolute atomic E-state index is 6.11. The highest BCUT2D eigenvalue weighted by Gasteiger charge is 2.08. The summed E-state index contributed by atoms with van der Waals surface area (Å²) in [5, 5.41) is 2.01. The van der Waals surface area contributed by atoms with E-state index in [1.54, 1.807) is 18.4 Å². The average Bonchev–Trinajstić information content (AvgIpc) is 2.77. The molecule has 1 aromatic heterocycles. The number of ether oxygens (including phenoxy) is 1. The Hall–Kier alpha value is -0.800. The molecule has 0 bridgehead atoms. The fourth-order valence-corrected chi connectivity index (χ4v) is 2.50.